The minimum absolute atomic E-state index is 0.914. The van der Waals surface area contributed by atoms with Crippen molar-refractivity contribution >= 4 is 15.9 Å². The molecule has 0 aliphatic heterocycles. The highest BCUT2D eigenvalue weighted by Gasteiger charge is 2.02. The van der Waals surface area contributed by atoms with E-state index in [0.29, 0.717) is 0 Å². The van der Waals surface area contributed by atoms with Gasteiger partial charge in [-0.15, -0.1) is 0 Å². The van der Waals surface area contributed by atoms with Crippen LogP contribution in [0.3, 0.4) is 0 Å². The van der Waals surface area contributed by atoms with E-state index in [1.807, 2.05) is 42.6 Å². The zero-order valence-electron chi connectivity index (χ0n) is 9.99. The number of rotatable bonds is 2. The Labute approximate surface area is 119 Å². The van der Waals surface area contributed by atoms with E-state index in [0.717, 1.165) is 27.0 Å². The predicted molar refractivity (Wildman–Crippen MR) is 78.4 cm³/mol. The summed E-state index contributed by atoms with van der Waals surface area (Å²) in [5.74, 6) is 0. The molecule has 4 heteroatoms. The largest absolute Gasteiger partial charge is 0.265 e. The highest BCUT2D eigenvalue weighted by Crippen LogP contribution is 2.21. The molecule has 3 aromatic rings. The highest BCUT2D eigenvalue weighted by molar-refractivity contribution is 9.10. The van der Waals surface area contributed by atoms with Gasteiger partial charge in [0.1, 0.15) is 0 Å². The van der Waals surface area contributed by atoms with Gasteiger partial charge in [0.15, 0.2) is 0 Å². The molecule has 19 heavy (non-hydrogen) atoms. The van der Waals surface area contributed by atoms with E-state index in [1.165, 1.54) is 0 Å². The fourth-order valence-electron chi connectivity index (χ4n) is 1.79. The van der Waals surface area contributed by atoms with Gasteiger partial charge in [-0.2, -0.15) is 0 Å². The molecule has 0 N–H and O–H groups in total. The second-order valence-corrected chi connectivity index (χ2v) is 4.95. The van der Waals surface area contributed by atoms with Gasteiger partial charge in [-0.05, 0) is 52.3 Å². The smallest absolute Gasteiger partial charge is 0.0718 e. The second-order valence-electron chi connectivity index (χ2n) is 4.03. The first-order chi connectivity index (χ1) is 9.33. The minimum atomic E-state index is 0.914. The average Bonchev–Trinajstić information content (AvgIpc) is 2.49. The monoisotopic (exact) mass is 311 g/mol. The Morgan fingerprint density at radius 1 is 0.684 bits per heavy atom. The molecule has 0 radical (unpaired) electrons. The summed E-state index contributed by atoms with van der Waals surface area (Å²) in [4.78, 5) is 12.8. The lowest BCUT2D eigenvalue weighted by atomic mass is 10.1. The van der Waals surface area contributed by atoms with Crippen LogP contribution in [0.4, 0.5) is 0 Å². The van der Waals surface area contributed by atoms with Crippen LogP contribution in [0.25, 0.3) is 22.5 Å². The van der Waals surface area contributed by atoms with Crippen molar-refractivity contribution in [1.29, 1.82) is 0 Å². The first kappa shape index (κ1) is 12.0. The Morgan fingerprint density at radius 3 is 2.00 bits per heavy atom. The highest BCUT2D eigenvalue weighted by atomic mass is 79.9. The summed E-state index contributed by atoms with van der Waals surface area (Å²) in [6.07, 6.45) is 7.15. The van der Waals surface area contributed by atoms with E-state index < -0.39 is 0 Å². The Bertz CT molecular complexity index is 664. The van der Waals surface area contributed by atoms with Crippen molar-refractivity contribution in [3.05, 3.63) is 65.7 Å². The van der Waals surface area contributed by atoms with Crippen molar-refractivity contribution in [3.8, 4) is 22.5 Å². The van der Waals surface area contributed by atoms with Crippen molar-refractivity contribution in [2.45, 2.75) is 0 Å². The van der Waals surface area contributed by atoms with E-state index in [9.17, 15) is 0 Å². The molecule has 0 aliphatic rings. The molecular formula is C15H10BrN3. The van der Waals surface area contributed by atoms with E-state index in [-0.39, 0.29) is 0 Å². The fourth-order valence-corrected chi connectivity index (χ4v) is 2.02. The van der Waals surface area contributed by atoms with Gasteiger partial charge in [0.2, 0.25) is 0 Å². The molecule has 0 unspecified atom stereocenters. The van der Waals surface area contributed by atoms with Crippen LogP contribution in [0.1, 0.15) is 0 Å². The molecule has 0 aromatic carbocycles. The summed E-state index contributed by atoms with van der Waals surface area (Å²) in [6.45, 7) is 0. The molecule has 0 spiro atoms. The van der Waals surface area contributed by atoms with Gasteiger partial charge in [-0.25, -0.2) is 0 Å². The SMILES string of the molecule is Brc1ccc(-c2ccc(-c3ccncc3)nc2)nc1. The summed E-state index contributed by atoms with van der Waals surface area (Å²) in [7, 11) is 0. The molecule has 0 saturated heterocycles. The minimum Gasteiger partial charge on any atom is -0.265 e. The molecule has 3 heterocycles. The first-order valence-electron chi connectivity index (χ1n) is 5.81. The number of nitrogens with zero attached hydrogens (tertiary/aromatic N) is 3. The molecule has 3 nitrogen and oxygen atoms in total. The van der Waals surface area contributed by atoms with Crippen LogP contribution < -0.4 is 0 Å². The van der Waals surface area contributed by atoms with Crippen LogP contribution in [0.5, 0.6) is 0 Å². The summed E-state index contributed by atoms with van der Waals surface area (Å²) < 4.78 is 0.970. The number of aromatic nitrogens is 3. The zero-order valence-corrected chi connectivity index (χ0v) is 11.6. The van der Waals surface area contributed by atoms with Crippen LogP contribution in [0.2, 0.25) is 0 Å². The van der Waals surface area contributed by atoms with Crippen molar-refractivity contribution in [2.24, 2.45) is 0 Å². The molecule has 3 aromatic heterocycles. The van der Waals surface area contributed by atoms with Crippen molar-refractivity contribution in [1.82, 2.24) is 15.0 Å². The molecule has 0 aliphatic carbocycles. The lowest BCUT2D eigenvalue weighted by Crippen LogP contribution is -1.87. The van der Waals surface area contributed by atoms with Crippen LogP contribution in [-0.2, 0) is 0 Å². The third-order valence-corrected chi connectivity index (χ3v) is 3.23. The van der Waals surface area contributed by atoms with Crippen molar-refractivity contribution < 1.29 is 0 Å². The summed E-state index contributed by atoms with van der Waals surface area (Å²) in [5, 5.41) is 0. The van der Waals surface area contributed by atoms with Gasteiger partial charge >= 0.3 is 0 Å². The topological polar surface area (TPSA) is 38.7 Å². The van der Waals surface area contributed by atoms with Crippen LogP contribution in [-0.4, -0.2) is 15.0 Å². The summed E-state index contributed by atoms with van der Waals surface area (Å²) in [6, 6.07) is 11.8. The maximum atomic E-state index is 4.47. The van der Waals surface area contributed by atoms with Crippen molar-refractivity contribution in [2.75, 3.05) is 0 Å². The van der Waals surface area contributed by atoms with Gasteiger partial charge in [-0.1, -0.05) is 0 Å². The quantitative estimate of drug-likeness (QED) is 0.719. The molecule has 0 bridgehead atoms. The normalized spacial score (nSPS) is 10.4. The average molecular weight is 312 g/mol. The Kier molecular flexibility index (Phi) is 3.33. The maximum Gasteiger partial charge on any atom is 0.0718 e. The Balaban J connectivity index is 1.93. The van der Waals surface area contributed by atoms with Gasteiger partial charge in [0.25, 0.3) is 0 Å². The fraction of sp³-hybridized carbons (Fsp3) is 0. The van der Waals surface area contributed by atoms with Crippen LogP contribution >= 0.6 is 15.9 Å². The molecular weight excluding hydrogens is 302 g/mol. The molecule has 92 valence electrons. The zero-order chi connectivity index (χ0) is 13.1. The molecule has 0 saturated carbocycles. The molecule has 3 rings (SSSR count). The third-order valence-electron chi connectivity index (χ3n) is 2.76. The second kappa shape index (κ2) is 5.28. The van der Waals surface area contributed by atoms with Gasteiger partial charge in [0.05, 0.1) is 11.4 Å². The van der Waals surface area contributed by atoms with Gasteiger partial charge < -0.3 is 0 Å². The number of halogens is 1. The van der Waals surface area contributed by atoms with E-state index in [4.69, 9.17) is 0 Å². The Morgan fingerprint density at radius 2 is 1.37 bits per heavy atom. The lowest BCUT2D eigenvalue weighted by Gasteiger charge is -2.03. The molecule has 0 fully saturated rings. The molecule has 0 atom stereocenters. The number of pyridine rings is 3. The Hall–Kier alpha value is -2.07. The third kappa shape index (κ3) is 2.69. The van der Waals surface area contributed by atoms with Crippen LogP contribution in [0, 0.1) is 0 Å². The maximum absolute atomic E-state index is 4.47. The van der Waals surface area contributed by atoms with E-state index in [2.05, 4.69) is 30.9 Å². The first-order valence-corrected chi connectivity index (χ1v) is 6.60. The van der Waals surface area contributed by atoms with Gasteiger partial charge in [-0.3, -0.25) is 15.0 Å². The number of hydrogen-bond donors (Lipinski definition) is 0. The van der Waals surface area contributed by atoms with E-state index >= 15 is 0 Å². The van der Waals surface area contributed by atoms with Crippen molar-refractivity contribution in [3.63, 3.8) is 0 Å². The standard InChI is InChI=1S/C15H10BrN3/c16-13-2-4-15(19-10-13)12-1-3-14(18-9-12)11-5-7-17-8-6-11/h1-10H. The lowest BCUT2D eigenvalue weighted by molar-refractivity contribution is 1.26. The molecule has 0 amide bonds. The van der Waals surface area contributed by atoms with E-state index in [1.54, 1.807) is 18.6 Å². The predicted octanol–water partition coefficient (Wildman–Crippen LogP) is 3.97. The van der Waals surface area contributed by atoms with Gasteiger partial charge in [0, 0.05) is 40.4 Å². The summed E-state index contributed by atoms with van der Waals surface area (Å²) >= 11 is 3.38. The number of hydrogen-bond acceptors (Lipinski definition) is 3. The summed E-state index contributed by atoms with van der Waals surface area (Å²) in [5.41, 5.74) is 3.91. The van der Waals surface area contributed by atoms with Crippen LogP contribution in [0.15, 0.2) is 65.7 Å².